The Morgan fingerprint density at radius 2 is 1.26 bits per heavy atom. The van der Waals surface area contributed by atoms with Gasteiger partial charge in [0.25, 0.3) is 0 Å². The average molecular weight is 436 g/mol. The lowest BCUT2D eigenvalue weighted by Gasteiger charge is -2.36. The highest BCUT2D eigenvalue weighted by atomic mass is 16.3. The Morgan fingerprint density at radius 3 is 1.77 bits per heavy atom. The van der Waals surface area contributed by atoms with Crippen molar-refractivity contribution in [1.82, 2.24) is 5.32 Å². The minimum atomic E-state index is 0.270. The van der Waals surface area contributed by atoms with Gasteiger partial charge in [-0.25, -0.2) is 0 Å². The van der Waals surface area contributed by atoms with Gasteiger partial charge in [-0.3, -0.25) is 4.48 Å². The Bertz CT molecular complexity index is 448. The summed E-state index contributed by atoms with van der Waals surface area (Å²) in [7, 11) is 0. The van der Waals surface area contributed by atoms with Crippen LogP contribution in [0.3, 0.4) is 0 Å². The molecule has 0 radical (unpaired) electrons. The van der Waals surface area contributed by atoms with Crippen molar-refractivity contribution < 1.29 is 9.59 Å². The third-order valence-corrected chi connectivity index (χ3v) is 7.13. The first-order valence-electron chi connectivity index (χ1n) is 13.8. The van der Waals surface area contributed by atoms with Gasteiger partial charge in [-0.1, -0.05) is 96.1 Å². The number of unbranched alkanes of at least 4 members (excludes halogenated alkanes) is 15. The fourth-order valence-electron chi connectivity index (χ4n) is 4.91. The Balaban J connectivity index is 1.82. The molecule has 0 spiro atoms. The fraction of sp³-hybridized carbons (Fsp3) is 0.857. The van der Waals surface area contributed by atoms with Crippen LogP contribution in [0.15, 0.2) is 24.6 Å². The lowest BCUT2D eigenvalue weighted by molar-refractivity contribution is -0.900. The van der Waals surface area contributed by atoms with E-state index in [-0.39, 0.29) is 6.61 Å². The molecule has 0 aromatic carbocycles. The van der Waals surface area contributed by atoms with Crippen LogP contribution >= 0.6 is 0 Å². The molecular weight excluding hydrogens is 380 g/mol. The number of nitrogens with zero attached hydrogens (tertiary/aromatic N) is 1. The molecule has 1 aliphatic heterocycles. The maximum Gasteiger partial charge on any atom is 0.166 e. The second-order valence-corrected chi connectivity index (χ2v) is 9.65. The van der Waals surface area contributed by atoms with Gasteiger partial charge in [-0.2, -0.15) is 0 Å². The summed E-state index contributed by atoms with van der Waals surface area (Å²) < 4.78 is 0.909. The van der Waals surface area contributed by atoms with Gasteiger partial charge in [0.05, 0.1) is 19.4 Å². The number of hydrogen-bond donors (Lipinski definition) is 2. The molecule has 0 aromatic heterocycles. The molecule has 1 aliphatic rings. The zero-order valence-corrected chi connectivity index (χ0v) is 21.1. The van der Waals surface area contributed by atoms with Gasteiger partial charge in [0, 0.05) is 6.42 Å². The summed E-state index contributed by atoms with van der Waals surface area (Å²) >= 11 is 0. The highest BCUT2D eigenvalue weighted by molar-refractivity contribution is 4.84. The molecule has 0 aromatic rings. The Morgan fingerprint density at radius 1 is 0.742 bits per heavy atom. The molecule has 1 rings (SSSR count). The first-order chi connectivity index (χ1) is 15.3. The molecule has 0 saturated heterocycles. The Hall–Kier alpha value is -0.800. The number of aliphatic hydroxyl groups is 1. The molecule has 2 unspecified atom stereocenters. The molecule has 0 bridgehead atoms. The van der Waals surface area contributed by atoms with Gasteiger partial charge in [0.15, 0.2) is 6.17 Å². The molecule has 2 atom stereocenters. The number of rotatable bonds is 22. The van der Waals surface area contributed by atoms with Crippen LogP contribution in [0, 0.1) is 0 Å². The van der Waals surface area contributed by atoms with E-state index in [9.17, 15) is 5.11 Å². The lowest BCUT2D eigenvalue weighted by atomic mass is 10.0. The van der Waals surface area contributed by atoms with Crippen LogP contribution in [-0.4, -0.2) is 35.5 Å². The van der Waals surface area contributed by atoms with Crippen LogP contribution in [0.2, 0.25) is 0 Å². The molecule has 1 heterocycles. The van der Waals surface area contributed by atoms with Gasteiger partial charge in [-0.05, 0) is 39.0 Å². The highest BCUT2D eigenvalue weighted by Gasteiger charge is 2.35. The zero-order valence-electron chi connectivity index (χ0n) is 21.1. The van der Waals surface area contributed by atoms with E-state index in [1.165, 1.54) is 116 Å². The minimum absolute atomic E-state index is 0.270. The monoisotopic (exact) mass is 435 g/mol. The van der Waals surface area contributed by atoms with Gasteiger partial charge >= 0.3 is 0 Å². The lowest BCUT2D eigenvalue weighted by Crippen LogP contribution is -2.54. The Labute approximate surface area is 195 Å². The van der Waals surface area contributed by atoms with Crippen molar-refractivity contribution in [2.45, 2.75) is 136 Å². The number of hydrogen-bond acceptors (Lipinski definition) is 2. The molecule has 3 nitrogen and oxygen atoms in total. The summed E-state index contributed by atoms with van der Waals surface area (Å²) in [5, 5.41) is 12.9. The van der Waals surface area contributed by atoms with Crippen molar-refractivity contribution in [2.75, 3.05) is 19.7 Å². The average Bonchev–Trinajstić information content (AvgIpc) is 3.18. The second kappa shape index (κ2) is 19.9. The molecule has 0 aliphatic carbocycles. The second-order valence-electron chi connectivity index (χ2n) is 9.65. The first kappa shape index (κ1) is 28.2. The van der Waals surface area contributed by atoms with Crippen molar-refractivity contribution in [3.05, 3.63) is 24.6 Å². The molecule has 2 N–H and O–H groups in total. The number of likely N-dealkylation sites (N-methyl/N-ethyl adjacent to an activating group) is 1. The maximum absolute atomic E-state index is 9.40. The number of allylic oxidation sites excluding steroid dienone is 2. The fourth-order valence-corrected chi connectivity index (χ4v) is 4.91. The van der Waals surface area contributed by atoms with Crippen LogP contribution in [-0.2, 0) is 0 Å². The van der Waals surface area contributed by atoms with Crippen molar-refractivity contribution in [3.63, 3.8) is 0 Å². The third-order valence-electron chi connectivity index (χ3n) is 7.13. The van der Waals surface area contributed by atoms with Crippen molar-refractivity contribution in [3.8, 4) is 0 Å². The summed E-state index contributed by atoms with van der Waals surface area (Å²) in [5.74, 6) is 0. The summed E-state index contributed by atoms with van der Waals surface area (Å²) in [6.07, 6.45) is 34.3. The molecule has 0 saturated carbocycles. The molecule has 0 amide bonds. The number of quaternary nitrogens is 1. The quantitative estimate of drug-likeness (QED) is 0.103. The van der Waals surface area contributed by atoms with Crippen LogP contribution in [0.1, 0.15) is 129 Å². The van der Waals surface area contributed by atoms with Crippen LogP contribution < -0.4 is 5.32 Å². The molecular formula is C28H55N2O+. The summed E-state index contributed by atoms with van der Waals surface area (Å²) in [4.78, 5) is 0. The van der Waals surface area contributed by atoms with Gasteiger partial charge in [0.1, 0.15) is 12.7 Å². The smallest absolute Gasteiger partial charge is 0.166 e. The number of nitrogens with one attached hydrogen (secondary N) is 1. The van der Waals surface area contributed by atoms with Gasteiger partial charge in [-0.15, -0.1) is 0 Å². The zero-order chi connectivity index (χ0) is 22.5. The van der Waals surface area contributed by atoms with Crippen molar-refractivity contribution in [2.24, 2.45) is 0 Å². The van der Waals surface area contributed by atoms with E-state index in [2.05, 4.69) is 43.7 Å². The van der Waals surface area contributed by atoms with Crippen LogP contribution in [0.5, 0.6) is 0 Å². The van der Waals surface area contributed by atoms with Crippen molar-refractivity contribution in [1.29, 1.82) is 0 Å². The molecule has 182 valence electrons. The van der Waals surface area contributed by atoms with E-state index < -0.39 is 0 Å². The SMILES string of the molecule is CCCCCC/C=C/CCCCCCCCCCCCCC1NC=C[N+]1(CC)CCO. The minimum Gasteiger partial charge on any atom is -0.390 e. The van der Waals surface area contributed by atoms with Crippen molar-refractivity contribution >= 4 is 0 Å². The summed E-state index contributed by atoms with van der Waals surface area (Å²) in [6.45, 7) is 6.67. The first-order valence-corrected chi connectivity index (χ1v) is 13.8. The predicted molar refractivity (Wildman–Crippen MR) is 137 cm³/mol. The summed E-state index contributed by atoms with van der Waals surface area (Å²) in [5.41, 5.74) is 0. The van der Waals surface area contributed by atoms with E-state index in [0.29, 0.717) is 6.17 Å². The van der Waals surface area contributed by atoms with Crippen LogP contribution in [0.25, 0.3) is 0 Å². The normalized spacial score (nSPS) is 20.7. The standard InChI is InChI=1S/C28H55N2O/c1-3-5-6-7-8-9-10-11-12-13-14-15-16-17-18-19-20-21-22-23-28-29-24-25-30(28,4-2)26-27-31/h9-10,24-25,28-29,31H,3-8,11-23,26-27H2,1-2H3/q+1/b10-9+. The van der Waals surface area contributed by atoms with E-state index in [4.69, 9.17) is 0 Å². The third kappa shape index (κ3) is 13.4. The predicted octanol–water partition coefficient (Wildman–Crippen LogP) is 7.81. The Kier molecular flexibility index (Phi) is 18.1. The van der Waals surface area contributed by atoms with Crippen LogP contribution in [0.4, 0.5) is 0 Å². The molecule has 0 fully saturated rings. The van der Waals surface area contributed by atoms with E-state index in [1.54, 1.807) is 0 Å². The van der Waals surface area contributed by atoms with E-state index in [1.807, 2.05) is 0 Å². The summed E-state index contributed by atoms with van der Waals surface area (Å²) in [6, 6.07) is 0. The number of aliphatic hydroxyl groups excluding tert-OH is 1. The van der Waals surface area contributed by atoms with E-state index >= 15 is 0 Å². The van der Waals surface area contributed by atoms with E-state index in [0.717, 1.165) is 17.6 Å². The van der Waals surface area contributed by atoms with Gasteiger partial charge < -0.3 is 10.4 Å². The van der Waals surface area contributed by atoms with Gasteiger partial charge in [0.2, 0.25) is 0 Å². The largest absolute Gasteiger partial charge is 0.390 e. The highest BCUT2D eigenvalue weighted by Crippen LogP contribution is 2.23. The molecule has 3 heteroatoms. The topological polar surface area (TPSA) is 32.3 Å². The maximum atomic E-state index is 9.40. The molecule has 31 heavy (non-hydrogen) atoms.